The number of halogens is 3. The van der Waals surface area contributed by atoms with E-state index in [0.29, 0.717) is 12.2 Å². The van der Waals surface area contributed by atoms with Crippen LogP contribution >= 0.6 is 0 Å². The van der Waals surface area contributed by atoms with E-state index in [4.69, 9.17) is 0 Å². The summed E-state index contributed by atoms with van der Waals surface area (Å²) in [6.45, 7) is 4.56. The molecule has 0 radical (unpaired) electrons. The fraction of sp³-hybridized carbons (Fsp3) is 0.357. The smallest absolute Gasteiger partial charge is 0.406 e. The first-order valence-corrected chi connectivity index (χ1v) is 6.47. The van der Waals surface area contributed by atoms with E-state index in [1.165, 1.54) is 24.3 Å². The summed E-state index contributed by atoms with van der Waals surface area (Å²) in [6, 6.07) is 7.78. The Hall–Kier alpha value is -2.18. The van der Waals surface area contributed by atoms with Crippen LogP contribution in [0.15, 0.2) is 36.5 Å². The lowest BCUT2D eigenvalue weighted by Crippen LogP contribution is -2.17. The maximum atomic E-state index is 12.0. The molecule has 1 N–H and O–H groups in total. The van der Waals surface area contributed by atoms with E-state index < -0.39 is 6.36 Å². The average Bonchev–Trinajstić information content (AvgIpc) is 2.85. The largest absolute Gasteiger partial charge is 0.573 e. The molecule has 1 heterocycles. The molecule has 0 aliphatic heterocycles. The van der Waals surface area contributed by atoms with E-state index in [1.54, 1.807) is 0 Å². The van der Waals surface area contributed by atoms with Gasteiger partial charge in [0.05, 0.1) is 12.2 Å². The third-order valence-corrected chi connectivity index (χ3v) is 2.75. The molecule has 0 bridgehead atoms. The number of nitrogens with zero attached hydrogens (tertiary/aromatic N) is 2. The van der Waals surface area contributed by atoms with E-state index in [9.17, 15) is 13.2 Å². The molecule has 114 valence electrons. The van der Waals surface area contributed by atoms with Gasteiger partial charge in [0.1, 0.15) is 5.75 Å². The van der Waals surface area contributed by atoms with Crippen molar-refractivity contribution in [3.8, 4) is 5.75 Å². The standard InChI is InChI=1S/C14H16F3N3O/c1-10(2)20-8-7-12(19-20)9-18-11-3-5-13(6-4-11)21-14(15,16)17/h3-8,10,18H,9H2,1-2H3. The van der Waals surface area contributed by atoms with Gasteiger partial charge in [-0.25, -0.2) is 0 Å². The SMILES string of the molecule is CC(C)n1ccc(CNc2ccc(OC(F)(F)F)cc2)n1. The van der Waals surface area contributed by atoms with E-state index in [0.717, 1.165) is 5.69 Å². The minimum atomic E-state index is -4.67. The molecule has 1 aromatic heterocycles. The second-order valence-electron chi connectivity index (χ2n) is 4.81. The summed E-state index contributed by atoms with van der Waals surface area (Å²) in [4.78, 5) is 0. The molecule has 4 nitrogen and oxygen atoms in total. The topological polar surface area (TPSA) is 39.1 Å². The zero-order chi connectivity index (χ0) is 15.5. The van der Waals surface area contributed by atoms with Crippen LogP contribution in [0.25, 0.3) is 0 Å². The molecular weight excluding hydrogens is 283 g/mol. The van der Waals surface area contributed by atoms with Gasteiger partial charge >= 0.3 is 6.36 Å². The number of hydrogen-bond acceptors (Lipinski definition) is 3. The monoisotopic (exact) mass is 299 g/mol. The van der Waals surface area contributed by atoms with Crippen molar-refractivity contribution in [1.82, 2.24) is 9.78 Å². The van der Waals surface area contributed by atoms with Crippen LogP contribution in [0.2, 0.25) is 0 Å². The third kappa shape index (κ3) is 4.70. The highest BCUT2D eigenvalue weighted by molar-refractivity contribution is 5.46. The quantitative estimate of drug-likeness (QED) is 0.908. The first-order valence-electron chi connectivity index (χ1n) is 6.47. The zero-order valence-corrected chi connectivity index (χ0v) is 11.7. The number of anilines is 1. The fourth-order valence-electron chi connectivity index (χ4n) is 1.73. The number of nitrogens with one attached hydrogen (secondary N) is 1. The summed E-state index contributed by atoms with van der Waals surface area (Å²) in [5, 5.41) is 7.46. The van der Waals surface area contributed by atoms with Crippen LogP contribution in [0.4, 0.5) is 18.9 Å². The predicted molar refractivity (Wildman–Crippen MR) is 73.1 cm³/mol. The lowest BCUT2D eigenvalue weighted by atomic mass is 10.3. The number of aromatic nitrogens is 2. The molecule has 0 atom stereocenters. The summed E-state index contributed by atoms with van der Waals surface area (Å²) >= 11 is 0. The second kappa shape index (κ2) is 6.07. The van der Waals surface area contributed by atoms with Crippen LogP contribution in [0, 0.1) is 0 Å². The zero-order valence-electron chi connectivity index (χ0n) is 11.7. The molecule has 0 fully saturated rings. The molecule has 7 heteroatoms. The summed E-state index contributed by atoms with van der Waals surface area (Å²) < 4.78 is 41.7. The molecule has 2 rings (SSSR count). The normalized spacial score (nSPS) is 11.7. The van der Waals surface area contributed by atoms with Crippen molar-refractivity contribution in [1.29, 1.82) is 0 Å². The van der Waals surface area contributed by atoms with Gasteiger partial charge in [-0.15, -0.1) is 13.2 Å². The molecule has 0 unspecified atom stereocenters. The van der Waals surface area contributed by atoms with Gasteiger partial charge in [-0.1, -0.05) is 0 Å². The molecule has 0 spiro atoms. The Balaban J connectivity index is 1.91. The average molecular weight is 299 g/mol. The Bertz CT molecular complexity index is 576. The molecule has 0 aliphatic carbocycles. The summed E-state index contributed by atoms with van der Waals surface area (Å²) in [7, 11) is 0. The summed E-state index contributed by atoms with van der Waals surface area (Å²) in [5.74, 6) is -0.239. The van der Waals surface area contributed by atoms with Crippen molar-refractivity contribution in [3.63, 3.8) is 0 Å². The van der Waals surface area contributed by atoms with Crippen LogP contribution in [-0.4, -0.2) is 16.1 Å². The van der Waals surface area contributed by atoms with Gasteiger partial charge in [0.2, 0.25) is 0 Å². The highest BCUT2D eigenvalue weighted by Crippen LogP contribution is 2.24. The van der Waals surface area contributed by atoms with Crippen molar-refractivity contribution in [2.45, 2.75) is 32.8 Å². The van der Waals surface area contributed by atoms with Gasteiger partial charge in [0.25, 0.3) is 0 Å². The Morgan fingerprint density at radius 3 is 2.38 bits per heavy atom. The summed E-state index contributed by atoms with van der Waals surface area (Å²) in [5.41, 5.74) is 1.56. The van der Waals surface area contributed by atoms with Crippen LogP contribution < -0.4 is 10.1 Å². The maximum Gasteiger partial charge on any atom is 0.573 e. The molecule has 21 heavy (non-hydrogen) atoms. The molecular formula is C14H16F3N3O. The summed E-state index contributed by atoms with van der Waals surface area (Å²) in [6.07, 6.45) is -2.78. The van der Waals surface area contributed by atoms with Gasteiger partial charge in [-0.3, -0.25) is 4.68 Å². The van der Waals surface area contributed by atoms with E-state index in [1.807, 2.05) is 30.8 Å². The molecule has 1 aromatic carbocycles. The highest BCUT2D eigenvalue weighted by atomic mass is 19.4. The molecule has 0 aliphatic rings. The number of hydrogen-bond donors (Lipinski definition) is 1. The number of alkyl halides is 3. The van der Waals surface area contributed by atoms with Crippen molar-refractivity contribution in [2.24, 2.45) is 0 Å². The van der Waals surface area contributed by atoms with Crippen LogP contribution in [0.5, 0.6) is 5.75 Å². The van der Waals surface area contributed by atoms with Crippen molar-refractivity contribution >= 4 is 5.69 Å². The number of ether oxygens (including phenoxy) is 1. The maximum absolute atomic E-state index is 12.0. The van der Waals surface area contributed by atoms with E-state index in [2.05, 4.69) is 15.2 Å². The van der Waals surface area contributed by atoms with Gasteiger partial charge in [-0.2, -0.15) is 5.10 Å². The van der Waals surface area contributed by atoms with Gasteiger partial charge < -0.3 is 10.1 Å². The molecule has 0 saturated carbocycles. The Morgan fingerprint density at radius 1 is 1.19 bits per heavy atom. The Morgan fingerprint density at radius 2 is 1.86 bits per heavy atom. The Labute approximate surface area is 120 Å². The lowest BCUT2D eigenvalue weighted by molar-refractivity contribution is -0.274. The first kappa shape index (κ1) is 15.2. The predicted octanol–water partition coefficient (Wildman–Crippen LogP) is 3.97. The van der Waals surface area contributed by atoms with Crippen LogP contribution in [-0.2, 0) is 6.54 Å². The number of benzene rings is 1. The molecule has 0 saturated heterocycles. The van der Waals surface area contributed by atoms with Crippen LogP contribution in [0.1, 0.15) is 25.6 Å². The highest BCUT2D eigenvalue weighted by Gasteiger charge is 2.30. The van der Waals surface area contributed by atoms with Crippen molar-refractivity contribution in [3.05, 3.63) is 42.2 Å². The van der Waals surface area contributed by atoms with Gasteiger partial charge in [-0.05, 0) is 44.2 Å². The van der Waals surface area contributed by atoms with Gasteiger partial charge in [0.15, 0.2) is 0 Å². The third-order valence-electron chi connectivity index (χ3n) is 2.75. The fourth-order valence-corrected chi connectivity index (χ4v) is 1.73. The first-order chi connectivity index (χ1) is 9.83. The molecule has 2 aromatic rings. The van der Waals surface area contributed by atoms with Crippen molar-refractivity contribution < 1.29 is 17.9 Å². The van der Waals surface area contributed by atoms with E-state index >= 15 is 0 Å². The minimum Gasteiger partial charge on any atom is -0.406 e. The van der Waals surface area contributed by atoms with Gasteiger partial charge in [0, 0.05) is 17.9 Å². The van der Waals surface area contributed by atoms with Crippen molar-refractivity contribution in [2.75, 3.05) is 5.32 Å². The molecule has 0 amide bonds. The van der Waals surface area contributed by atoms with Crippen LogP contribution in [0.3, 0.4) is 0 Å². The lowest BCUT2D eigenvalue weighted by Gasteiger charge is -2.10. The number of rotatable bonds is 5. The Kier molecular flexibility index (Phi) is 4.40. The van der Waals surface area contributed by atoms with E-state index in [-0.39, 0.29) is 11.8 Å². The minimum absolute atomic E-state index is 0.239. The second-order valence-corrected chi connectivity index (χ2v) is 4.81.